The minimum absolute atomic E-state index is 0. The van der Waals surface area contributed by atoms with E-state index in [1.165, 1.54) is 11.1 Å². The first kappa shape index (κ1) is 19.4. The van der Waals surface area contributed by atoms with Gasteiger partial charge in [0.2, 0.25) is 5.95 Å². The van der Waals surface area contributed by atoms with Crippen molar-refractivity contribution in [3.63, 3.8) is 0 Å². The number of halogens is 1. The lowest BCUT2D eigenvalue weighted by Gasteiger charge is -2.28. The van der Waals surface area contributed by atoms with Crippen LogP contribution in [0.25, 0.3) is 11.0 Å². The number of hydrogen-bond acceptors (Lipinski definition) is 6. The molecule has 7 nitrogen and oxygen atoms in total. The molecule has 0 bridgehead atoms. The molecular formula is C21H21ClN6O. The Labute approximate surface area is 174 Å². The maximum absolute atomic E-state index is 12.7. The fraction of sp³-hybridized carbons (Fsp3) is 0.333. The van der Waals surface area contributed by atoms with Crippen molar-refractivity contribution in [2.75, 3.05) is 11.9 Å². The predicted octanol–water partition coefficient (Wildman–Crippen LogP) is 3.20. The molecule has 1 aliphatic carbocycles. The first-order valence-corrected chi connectivity index (χ1v) is 9.65. The van der Waals surface area contributed by atoms with E-state index < -0.39 is 0 Å². The van der Waals surface area contributed by atoms with E-state index in [0.717, 1.165) is 44.5 Å². The summed E-state index contributed by atoms with van der Waals surface area (Å²) in [6.07, 6.45) is 5.66. The van der Waals surface area contributed by atoms with Crippen LogP contribution in [0.5, 0.6) is 0 Å². The summed E-state index contributed by atoms with van der Waals surface area (Å²) in [7, 11) is 0. The second-order valence-corrected chi connectivity index (χ2v) is 7.44. The summed E-state index contributed by atoms with van der Waals surface area (Å²) in [5.74, 6) is 0.457. The van der Waals surface area contributed by atoms with Gasteiger partial charge in [0.15, 0.2) is 0 Å². The number of rotatable bonds is 3. The van der Waals surface area contributed by atoms with E-state index in [2.05, 4.69) is 32.7 Å². The van der Waals surface area contributed by atoms with E-state index in [9.17, 15) is 10.1 Å². The van der Waals surface area contributed by atoms with E-state index in [4.69, 9.17) is 0 Å². The minimum atomic E-state index is -0.259. The molecule has 148 valence electrons. The first-order valence-electron chi connectivity index (χ1n) is 9.65. The van der Waals surface area contributed by atoms with Crippen LogP contribution >= 0.6 is 12.4 Å². The van der Waals surface area contributed by atoms with Gasteiger partial charge in [0, 0.05) is 29.9 Å². The van der Waals surface area contributed by atoms with E-state index >= 15 is 0 Å². The molecule has 1 aromatic carbocycles. The van der Waals surface area contributed by atoms with Gasteiger partial charge in [-0.1, -0.05) is 6.07 Å². The molecule has 29 heavy (non-hydrogen) atoms. The third kappa shape index (κ3) is 3.46. The third-order valence-electron chi connectivity index (χ3n) is 5.68. The molecule has 2 aliphatic rings. The van der Waals surface area contributed by atoms with Crippen molar-refractivity contribution in [3.8, 4) is 6.07 Å². The van der Waals surface area contributed by atoms with Crippen molar-refractivity contribution in [2.45, 2.75) is 38.3 Å². The zero-order valence-electron chi connectivity index (χ0n) is 15.8. The highest BCUT2D eigenvalue weighted by atomic mass is 35.5. The molecule has 0 unspecified atom stereocenters. The van der Waals surface area contributed by atoms with Crippen molar-refractivity contribution < 1.29 is 0 Å². The zero-order chi connectivity index (χ0) is 19.1. The molecule has 0 saturated heterocycles. The van der Waals surface area contributed by atoms with E-state index in [1.54, 1.807) is 16.8 Å². The number of hydrogen-bond donors (Lipinski definition) is 2. The Hall–Kier alpha value is -2.95. The summed E-state index contributed by atoms with van der Waals surface area (Å²) in [6, 6.07) is 9.99. The smallest absolute Gasteiger partial charge is 0.270 e. The van der Waals surface area contributed by atoms with Crippen molar-refractivity contribution in [1.29, 1.82) is 5.26 Å². The lowest BCUT2D eigenvalue weighted by atomic mass is 9.92. The predicted molar refractivity (Wildman–Crippen MR) is 114 cm³/mol. The van der Waals surface area contributed by atoms with Gasteiger partial charge >= 0.3 is 0 Å². The van der Waals surface area contributed by atoms with Crippen molar-refractivity contribution in [3.05, 3.63) is 57.5 Å². The molecule has 1 aliphatic heterocycles. The van der Waals surface area contributed by atoms with Crippen LogP contribution in [0.4, 0.5) is 11.6 Å². The molecule has 0 spiro atoms. The Balaban J connectivity index is 0.00000205. The van der Waals surface area contributed by atoms with Gasteiger partial charge in [0.1, 0.15) is 17.3 Å². The number of nitriles is 1. The highest BCUT2D eigenvalue weighted by molar-refractivity contribution is 5.85. The van der Waals surface area contributed by atoms with Gasteiger partial charge in [-0.25, -0.2) is 4.98 Å². The number of anilines is 2. The zero-order valence-corrected chi connectivity index (χ0v) is 16.6. The Bertz CT molecular complexity index is 1180. The lowest BCUT2D eigenvalue weighted by molar-refractivity contribution is 0.313. The average Bonchev–Trinajstić information content (AvgIpc) is 2.68. The van der Waals surface area contributed by atoms with Crippen LogP contribution in [0.3, 0.4) is 0 Å². The van der Waals surface area contributed by atoms with Gasteiger partial charge in [-0.2, -0.15) is 10.2 Å². The second-order valence-electron chi connectivity index (χ2n) is 7.44. The summed E-state index contributed by atoms with van der Waals surface area (Å²) in [5, 5.41) is 16.7. The Kier molecular flexibility index (Phi) is 5.22. The topological polar surface area (TPSA) is 95.6 Å². The maximum atomic E-state index is 12.7. The highest BCUT2D eigenvalue weighted by Crippen LogP contribution is 2.32. The summed E-state index contributed by atoms with van der Waals surface area (Å²) < 4.78 is 1.68. The summed E-state index contributed by atoms with van der Waals surface area (Å²) in [4.78, 5) is 21.8. The molecule has 0 radical (unpaired) electrons. The minimum Gasteiger partial charge on any atom is -0.324 e. The molecule has 0 amide bonds. The fourth-order valence-electron chi connectivity index (χ4n) is 3.93. The standard InChI is InChI=1S/C21H20N6O.ClH/c22-10-15-8-16-12-24-21(26-19(16)27(20(15)28)18-2-1-3-18)25-17-5-4-14-11-23-7-6-13(14)9-17;/h4-5,8-9,12,18,23H,1-3,6-7,11H2,(H,24,25,26);1H. The average molecular weight is 409 g/mol. The second kappa shape index (κ2) is 7.82. The van der Waals surface area contributed by atoms with Crippen LogP contribution < -0.4 is 16.2 Å². The summed E-state index contributed by atoms with van der Waals surface area (Å²) in [6.45, 7) is 1.88. The number of fused-ring (bicyclic) bond motifs is 2. The molecule has 5 rings (SSSR count). The number of nitrogens with one attached hydrogen (secondary N) is 2. The van der Waals surface area contributed by atoms with Gasteiger partial charge < -0.3 is 10.6 Å². The number of benzene rings is 1. The van der Waals surface area contributed by atoms with Crippen LogP contribution in [-0.2, 0) is 13.0 Å². The Morgan fingerprint density at radius 3 is 2.86 bits per heavy atom. The quantitative estimate of drug-likeness (QED) is 0.690. The van der Waals surface area contributed by atoms with Crippen LogP contribution in [0.1, 0.15) is 42.0 Å². The van der Waals surface area contributed by atoms with Gasteiger partial charge in [-0.3, -0.25) is 9.36 Å². The molecule has 3 heterocycles. The van der Waals surface area contributed by atoms with E-state index in [0.29, 0.717) is 17.0 Å². The van der Waals surface area contributed by atoms with Crippen LogP contribution in [0, 0.1) is 11.3 Å². The summed E-state index contributed by atoms with van der Waals surface area (Å²) >= 11 is 0. The van der Waals surface area contributed by atoms with Gasteiger partial charge in [0.05, 0.1) is 0 Å². The van der Waals surface area contributed by atoms with Crippen molar-refractivity contribution >= 4 is 35.1 Å². The fourth-order valence-corrected chi connectivity index (χ4v) is 3.93. The third-order valence-corrected chi connectivity index (χ3v) is 5.68. The molecule has 2 aromatic heterocycles. The number of pyridine rings is 1. The molecule has 2 N–H and O–H groups in total. The molecule has 3 aromatic rings. The van der Waals surface area contributed by atoms with Gasteiger partial charge in [-0.15, -0.1) is 12.4 Å². The first-order chi connectivity index (χ1) is 13.7. The normalized spacial score (nSPS) is 15.7. The van der Waals surface area contributed by atoms with E-state index in [-0.39, 0.29) is 29.6 Å². The largest absolute Gasteiger partial charge is 0.324 e. The number of nitrogens with zero attached hydrogens (tertiary/aromatic N) is 4. The Morgan fingerprint density at radius 2 is 2.10 bits per heavy atom. The lowest BCUT2D eigenvalue weighted by Crippen LogP contribution is -2.31. The van der Waals surface area contributed by atoms with Crippen molar-refractivity contribution in [1.82, 2.24) is 19.9 Å². The highest BCUT2D eigenvalue weighted by Gasteiger charge is 2.24. The van der Waals surface area contributed by atoms with Crippen molar-refractivity contribution in [2.24, 2.45) is 0 Å². The summed E-state index contributed by atoms with van der Waals surface area (Å²) in [5.41, 5.74) is 4.06. The van der Waals surface area contributed by atoms with Gasteiger partial charge in [0.25, 0.3) is 5.56 Å². The molecule has 1 saturated carbocycles. The molecule has 0 atom stereocenters. The maximum Gasteiger partial charge on any atom is 0.270 e. The number of aromatic nitrogens is 3. The van der Waals surface area contributed by atoms with Crippen LogP contribution in [-0.4, -0.2) is 21.1 Å². The van der Waals surface area contributed by atoms with E-state index in [1.807, 2.05) is 12.1 Å². The van der Waals surface area contributed by atoms with Crippen LogP contribution in [0.15, 0.2) is 35.3 Å². The molecular weight excluding hydrogens is 388 g/mol. The Morgan fingerprint density at radius 1 is 1.24 bits per heavy atom. The van der Waals surface area contributed by atoms with Crippen LogP contribution in [0.2, 0.25) is 0 Å². The molecule has 8 heteroatoms. The van der Waals surface area contributed by atoms with Gasteiger partial charge in [-0.05, 0) is 61.6 Å². The molecule has 1 fully saturated rings. The monoisotopic (exact) mass is 408 g/mol. The SMILES string of the molecule is Cl.N#Cc1cc2cnc(Nc3ccc4c(c3)CCNC4)nc2n(C2CCC2)c1=O.